The molecule has 1 heterocycles. The van der Waals surface area contributed by atoms with Crippen LogP contribution in [0.1, 0.15) is 32.6 Å². The third-order valence-electron chi connectivity index (χ3n) is 1.63. The first-order valence-electron chi connectivity index (χ1n) is 3.55. The molecule has 0 aliphatic carbocycles. The van der Waals surface area contributed by atoms with Crippen LogP contribution in [0.4, 0.5) is 0 Å². The van der Waals surface area contributed by atoms with Gasteiger partial charge in [0.25, 0.3) is 0 Å². The van der Waals surface area contributed by atoms with Crippen molar-refractivity contribution in [2.24, 2.45) is 0 Å². The summed E-state index contributed by atoms with van der Waals surface area (Å²) in [6.07, 6.45) is 5.73. The third-order valence-corrected chi connectivity index (χ3v) is 1.63. The third kappa shape index (κ3) is 1.48. The lowest BCUT2D eigenvalue weighted by Gasteiger charge is -2.04. The van der Waals surface area contributed by atoms with Gasteiger partial charge in [0.1, 0.15) is 0 Å². The fraction of sp³-hybridized carbons (Fsp3) is 1.00. The van der Waals surface area contributed by atoms with Gasteiger partial charge in [-0.1, -0.05) is 13.3 Å². The molecule has 1 aliphatic rings. The van der Waals surface area contributed by atoms with Crippen molar-refractivity contribution in [1.29, 1.82) is 0 Å². The van der Waals surface area contributed by atoms with Crippen LogP contribution in [0.15, 0.2) is 0 Å². The van der Waals surface area contributed by atoms with E-state index in [-0.39, 0.29) is 0 Å². The summed E-state index contributed by atoms with van der Waals surface area (Å²) in [5, 5.41) is 0. The summed E-state index contributed by atoms with van der Waals surface area (Å²) in [6, 6.07) is 0. The van der Waals surface area contributed by atoms with Crippen molar-refractivity contribution in [3.8, 4) is 0 Å². The van der Waals surface area contributed by atoms with E-state index in [2.05, 4.69) is 6.92 Å². The van der Waals surface area contributed by atoms with E-state index in [1.54, 1.807) is 0 Å². The molecule has 0 aromatic rings. The maximum absolute atomic E-state index is 5.39. The zero-order valence-electron chi connectivity index (χ0n) is 5.52. The molecule has 48 valence electrons. The van der Waals surface area contributed by atoms with Crippen molar-refractivity contribution < 1.29 is 4.74 Å². The normalized spacial score (nSPS) is 28.9. The minimum absolute atomic E-state index is 0.611. The van der Waals surface area contributed by atoms with E-state index >= 15 is 0 Å². The molecule has 1 nitrogen and oxygen atoms in total. The summed E-state index contributed by atoms with van der Waals surface area (Å²) in [7, 11) is 0. The summed E-state index contributed by atoms with van der Waals surface area (Å²) in [5.41, 5.74) is 0. The minimum Gasteiger partial charge on any atom is -0.378 e. The second-order valence-corrected chi connectivity index (χ2v) is 2.42. The zero-order chi connectivity index (χ0) is 5.82. The highest BCUT2D eigenvalue weighted by Crippen LogP contribution is 2.15. The van der Waals surface area contributed by atoms with E-state index in [1.807, 2.05) is 0 Å². The molecule has 0 aromatic heterocycles. The smallest absolute Gasteiger partial charge is 0.0575 e. The van der Waals surface area contributed by atoms with Gasteiger partial charge in [0.2, 0.25) is 0 Å². The molecule has 1 unspecified atom stereocenters. The quantitative estimate of drug-likeness (QED) is 0.533. The van der Waals surface area contributed by atoms with Crippen molar-refractivity contribution >= 4 is 0 Å². The first kappa shape index (κ1) is 6.09. The number of hydrogen-bond donors (Lipinski definition) is 0. The van der Waals surface area contributed by atoms with Gasteiger partial charge in [0, 0.05) is 6.61 Å². The van der Waals surface area contributed by atoms with Crippen LogP contribution in [-0.2, 0) is 4.74 Å². The summed E-state index contributed by atoms with van der Waals surface area (Å²) in [4.78, 5) is 0. The highest BCUT2D eigenvalue weighted by atomic mass is 16.5. The van der Waals surface area contributed by atoms with E-state index in [4.69, 9.17) is 4.74 Å². The molecule has 0 N–H and O–H groups in total. The Hall–Kier alpha value is -0.0400. The molecule has 8 heavy (non-hydrogen) atoms. The van der Waals surface area contributed by atoms with Crippen LogP contribution in [0.2, 0.25) is 0 Å². The largest absolute Gasteiger partial charge is 0.378 e. The van der Waals surface area contributed by atoms with Crippen molar-refractivity contribution in [2.75, 3.05) is 6.61 Å². The Labute approximate surface area is 51.0 Å². The van der Waals surface area contributed by atoms with Crippen LogP contribution < -0.4 is 0 Å². The lowest BCUT2D eigenvalue weighted by molar-refractivity contribution is 0.103. The Morgan fingerprint density at radius 2 is 2.50 bits per heavy atom. The zero-order valence-corrected chi connectivity index (χ0v) is 5.52. The van der Waals surface area contributed by atoms with Gasteiger partial charge in [-0.2, -0.15) is 0 Å². The standard InChI is InChI=1S/C7H14O/c1-2-4-7-5-3-6-8-7/h7H,2-6H2,1H3. The molecular weight excluding hydrogens is 100 g/mol. The molecule has 0 amide bonds. The topological polar surface area (TPSA) is 9.23 Å². The predicted molar refractivity (Wildman–Crippen MR) is 33.9 cm³/mol. The molecule has 1 fully saturated rings. The van der Waals surface area contributed by atoms with Crippen LogP contribution in [0.5, 0.6) is 0 Å². The monoisotopic (exact) mass is 114 g/mol. The van der Waals surface area contributed by atoms with E-state index < -0.39 is 0 Å². The SMILES string of the molecule is CCCC1CCCO1. The van der Waals surface area contributed by atoms with Crippen LogP contribution in [-0.4, -0.2) is 12.7 Å². The molecule has 0 saturated carbocycles. The fourth-order valence-electron chi connectivity index (χ4n) is 1.19. The molecule has 1 rings (SSSR count). The lowest BCUT2D eigenvalue weighted by atomic mass is 10.1. The second-order valence-electron chi connectivity index (χ2n) is 2.42. The second kappa shape index (κ2) is 3.08. The first-order valence-corrected chi connectivity index (χ1v) is 3.55. The maximum Gasteiger partial charge on any atom is 0.0575 e. The maximum atomic E-state index is 5.39. The average molecular weight is 114 g/mol. The van der Waals surface area contributed by atoms with Crippen LogP contribution in [0.3, 0.4) is 0 Å². The highest BCUT2D eigenvalue weighted by Gasteiger charge is 2.12. The van der Waals surface area contributed by atoms with Crippen LogP contribution >= 0.6 is 0 Å². The van der Waals surface area contributed by atoms with Gasteiger partial charge >= 0.3 is 0 Å². The molecule has 1 heteroatoms. The average Bonchev–Trinajstić information content (AvgIpc) is 2.19. The van der Waals surface area contributed by atoms with E-state index in [0.29, 0.717) is 6.10 Å². The molecule has 1 aliphatic heterocycles. The molecule has 0 spiro atoms. The van der Waals surface area contributed by atoms with E-state index in [1.165, 1.54) is 25.7 Å². The number of hydrogen-bond acceptors (Lipinski definition) is 1. The Bertz CT molecular complexity index is 55.4. The Morgan fingerprint density at radius 3 is 3.00 bits per heavy atom. The van der Waals surface area contributed by atoms with Gasteiger partial charge in [0.15, 0.2) is 0 Å². The van der Waals surface area contributed by atoms with Crippen molar-refractivity contribution in [1.82, 2.24) is 0 Å². The van der Waals surface area contributed by atoms with Gasteiger partial charge in [-0.05, 0) is 19.3 Å². The van der Waals surface area contributed by atoms with Gasteiger partial charge in [0.05, 0.1) is 6.10 Å². The molecule has 1 atom stereocenters. The lowest BCUT2D eigenvalue weighted by Crippen LogP contribution is -2.02. The molecule has 0 bridgehead atoms. The van der Waals surface area contributed by atoms with Crippen LogP contribution in [0.25, 0.3) is 0 Å². The Morgan fingerprint density at radius 1 is 1.62 bits per heavy atom. The van der Waals surface area contributed by atoms with E-state index in [0.717, 1.165) is 6.61 Å². The predicted octanol–water partition coefficient (Wildman–Crippen LogP) is 1.97. The summed E-state index contributed by atoms with van der Waals surface area (Å²) >= 11 is 0. The van der Waals surface area contributed by atoms with Crippen molar-refractivity contribution in [2.45, 2.75) is 38.7 Å². The Kier molecular flexibility index (Phi) is 2.34. The first-order chi connectivity index (χ1) is 3.93. The summed E-state index contributed by atoms with van der Waals surface area (Å²) in [6.45, 7) is 3.21. The highest BCUT2D eigenvalue weighted by molar-refractivity contribution is 4.62. The van der Waals surface area contributed by atoms with Crippen LogP contribution in [0, 0.1) is 0 Å². The molecule has 1 saturated heterocycles. The number of rotatable bonds is 2. The molecule has 0 aromatic carbocycles. The summed E-state index contributed by atoms with van der Waals surface area (Å²) < 4.78 is 5.39. The fourth-order valence-corrected chi connectivity index (χ4v) is 1.19. The number of ether oxygens (including phenoxy) is 1. The van der Waals surface area contributed by atoms with E-state index in [9.17, 15) is 0 Å². The molecular formula is C7H14O. The van der Waals surface area contributed by atoms with Gasteiger partial charge in [-0.25, -0.2) is 0 Å². The van der Waals surface area contributed by atoms with Gasteiger partial charge in [-0.3, -0.25) is 0 Å². The Balaban J connectivity index is 2.06. The van der Waals surface area contributed by atoms with Crippen molar-refractivity contribution in [3.05, 3.63) is 0 Å². The van der Waals surface area contributed by atoms with Crippen molar-refractivity contribution in [3.63, 3.8) is 0 Å². The minimum atomic E-state index is 0.611. The van der Waals surface area contributed by atoms with Gasteiger partial charge in [-0.15, -0.1) is 0 Å². The summed E-state index contributed by atoms with van der Waals surface area (Å²) in [5.74, 6) is 0. The van der Waals surface area contributed by atoms with Gasteiger partial charge < -0.3 is 4.74 Å². The molecule has 0 radical (unpaired) electrons.